The molecule has 1 aliphatic rings. The standard InChI is InChI=1S/C31H24ClN3O6S2/c1-3-40-22-13-10-19(15-23(22)39-2)26-25(27(36)24-14-18-6-4-5-7-21(18)41-24)28(37)29(38)35(26)30-33-34-31(43-30)42-16-17-8-11-20(32)12-9-17/h4-15,26,37H,3,16H2,1-2H3/t26-/m1/s1. The van der Waals surface area contributed by atoms with Crippen LogP contribution in [0.15, 0.2) is 92.9 Å². The summed E-state index contributed by atoms with van der Waals surface area (Å²) in [5.74, 6) is -0.569. The molecule has 1 N–H and O–H groups in total. The summed E-state index contributed by atoms with van der Waals surface area (Å²) in [7, 11) is 1.50. The van der Waals surface area contributed by atoms with Gasteiger partial charge in [0.25, 0.3) is 5.91 Å². The van der Waals surface area contributed by atoms with Crippen LogP contribution >= 0.6 is 34.7 Å². The van der Waals surface area contributed by atoms with E-state index in [4.69, 9.17) is 25.5 Å². The number of aliphatic hydroxyl groups is 1. The average Bonchev–Trinajstić information content (AvgIpc) is 3.73. The lowest BCUT2D eigenvalue weighted by atomic mass is 9.95. The molecule has 0 spiro atoms. The first-order chi connectivity index (χ1) is 20.9. The minimum atomic E-state index is -1.04. The van der Waals surface area contributed by atoms with Gasteiger partial charge in [0.2, 0.25) is 10.9 Å². The Balaban J connectivity index is 1.39. The van der Waals surface area contributed by atoms with Gasteiger partial charge in [-0.1, -0.05) is 71.1 Å². The first kappa shape index (κ1) is 28.8. The zero-order chi connectivity index (χ0) is 30.1. The zero-order valence-electron chi connectivity index (χ0n) is 22.9. The molecule has 0 aliphatic carbocycles. The Hall–Kier alpha value is -4.32. The van der Waals surface area contributed by atoms with E-state index in [0.717, 1.165) is 10.9 Å². The van der Waals surface area contributed by atoms with Crippen LogP contribution in [-0.4, -0.2) is 40.7 Å². The average molecular weight is 634 g/mol. The second kappa shape index (κ2) is 12.1. The number of amides is 1. The zero-order valence-corrected chi connectivity index (χ0v) is 25.3. The van der Waals surface area contributed by atoms with Crippen molar-refractivity contribution in [2.75, 3.05) is 18.6 Å². The molecule has 1 amide bonds. The van der Waals surface area contributed by atoms with Crippen molar-refractivity contribution in [3.63, 3.8) is 0 Å². The van der Waals surface area contributed by atoms with Gasteiger partial charge in [0.15, 0.2) is 27.4 Å². The molecule has 0 radical (unpaired) electrons. The van der Waals surface area contributed by atoms with Gasteiger partial charge in [-0.05, 0) is 54.4 Å². The van der Waals surface area contributed by atoms with E-state index in [-0.39, 0.29) is 16.5 Å². The van der Waals surface area contributed by atoms with Crippen molar-refractivity contribution in [3.8, 4) is 11.5 Å². The summed E-state index contributed by atoms with van der Waals surface area (Å²) >= 11 is 8.63. The lowest BCUT2D eigenvalue weighted by Gasteiger charge is -2.24. The van der Waals surface area contributed by atoms with Crippen LogP contribution < -0.4 is 14.4 Å². The summed E-state index contributed by atoms with van der Waals surface area (Å²) in [5, 5.41) is 21.3. The fourth-order valence-electron chi connectivity index (χ4n) is 4.79. The molecule has 6 rings (SSSR count). The number of anilines is 1. The van der Waals surface area contributed by atoms with Crippen molar-refractivity contribution in [1.82, 2.24) is 10.2 Å². The third kappa shape index (κ3) is 5.58. The smallest absolute Gasteiger partial charge is 0.296 e. The fraction of sp³-hybridized carbons (Fsp3) is 0.161. The van der Waals surface area contributed by atoms with Crippen LogP contribution in [0, 0.1) is 0 Å². The van der Waals surface area contributed by atoms with Crippen LogP contribution in [0.25, 0.3) is 11.0 Å². The van der Waals surface area contributed by atoms with Crippen molar-refractivity contribution in [2.24, 2.45) is 0 Å². The lowest BCUT2D eigenvalue weighted by molar-refractivity contribution is -0.117. The SMILES string of the molecule is CCOc1ccc([C@@H]2C(C(=O)c3cc4ccccc4o3)=C(O)C(=O)N2c2nnc(SCc3ccc(Cl)cc3)s2)cc1OC. The van der Waals surface area contributed by atoms with Crippen molar-refractivity contribution in [1.29, 1.82) is 0 Å². The number of rotatable bonds is 10. The molecule has 12 heteroatoms. The molecule has 1 atom stereocenters. The van der Waals surface area contributed by atoms with E-state index in [1.54, 1.807) is 36.4 Å². The first-order valence-corrected chi connectivity index (χ1v) is 15.4. The molecule has 218 valence electrons. The maximum atomic E-state index is 14.0. The Kier molecular flexibility index (Phi) is 8.11. The molecular weight excluding hydrogens is 610 g/mol. The van der Waals surface area contributed by atoms with Crippen molar-refractivity contribution < 1.29 is 28.6 Å². The van der Waals surface area contributed by atoms with Crippen LogP contribution in [0.4, 0.5) is 5.13 Å². The maximum Gasteiger partial charge on any atom is 0.296 e. The lowest BCUT2D eigenvalue weighted by Crippen LogP contribution is -2.31. The number of carbonyl (C=O) groups excluding carboxylic acids is 2. The van der Waals surface area contributed by atoms with Gasteiger partial charge in [0, 0.05) is 16.2 Å². The van der Waals surface area contributed by atoms with Gasteiger partial charge in [-0.25, -0.2) is 0 Å². The van der Waals surface area contributed by atoms with Crippen LogP contribution in [0.1, 0.15) is 34.6 Å². The van der Waals surface area contributed by atoms with Gasteiger partial charge >= 0.3 is 0 Å². The van der Waals surface area contributed by atoms with Crippen molar-refractivity contribution >= 4 is 62.5 Å². The van der Waals surface area contributed by atoms with Crippen LogP contribution in [-0.2, 0) is 10.5 Å². The van der Waals surface area contributed by atoms with E-state index in [0.29, 0.717) is 44.4 Å². The summed E-state index contributed by atoms with van der Waals surface area (Å²) < 4.78 is 17.7. The number of hydrogen-bond donors (Lipinski definition) is 1. The van der Waals surface area contributed by atoms with Gasteiger partial charge in [-0.15, -0.1) is 10.2 Å². The number of para-hydroxylation sites is 1. The highest BCUT2D eigenvalue weighted by Gasteiger charge is 2.47. The Morgan fingerprint density at radius 3 is 2.63 bits per heavy atom. The molecule has 3 heterocycles. The molecular formula is C31H24ClN3O6S2. The molecule has 1 aliphatic heterocycles. The van der Waals surface area contributed by atoms with Crippen LogP contribution in [0.2, 0.25) is 5.02 Å². The van der Waals surface area contributed by atoms with Crippen molar-refractivity contribution in [3.05, 3.63) is 106 Å². The Bertz CT molecular complexity index is 1830. The first-order valence-electron chi connectivity index (χ1n) is 13.2. The Morgan fingerprint density at radius 2 is 1.88 bits per heavy atom. The van der Waals surface area contributed by atoms with E-state index >= 15 is 0 Å². The number of furan rings is 1. The van der Waals surface area contributed by atoms with Gasteiger partial charge in [0.1, 0.15) is 5.58 Å². The van der Waals surface area contributed by atoms with Gasteiger partial charge < -0.3 is 19.0 Å². The number of carbonyl (C=O) groups is 2. The number of nitrogens with zero attached hydrogens (tertiary/aromatic N) is 3. The second-order valence-electron chi connectivity index (χ2n) is 9.43. The largest absolute Gasteiger partial charge is 0.503 e. The number of ketones is 1. The number of aliphatic hydroxyl groups excluding tert-OH is 1. The number of methoxy groups -OCH3 is 1. The van der Waals surface area contributed by atoms with E-state index < -0.39 is 23.5 Å². The van der Waals surface area contributed by atoms with Gasteiger partial charge in [-0.2, -0.15) is 0 Å². The molecule has 0 saturated heterocycles. The quantitative estimate of drug-likeness (QED) is 0.0953. The predicted octanol–water partition coefficient (Wildman–Crippen LogP) is 7.42. The molecule has 0 bridgehead atoms. The molecule has 0 fully saturated rings. The molecule has 2 aromatic heterocycles. The minimum absolute atomic E-state index is 0.00299. The summed E-state index contributed by atoms with van der Waals surface area (Å²) in [6.45, 7) is 2.27. The number of thioether (sulfide) groups is 1. The highest BCUT2D eigenvalue weighted by Crippen LogP contribution is 2.45. The molecule has 9 nitrogen and oxygen atoms in total. The fourth-order valence-corrected chi connectivity index (χ4v) is 6.74. The Labute approximate surface area is 259 Å². The number of hydrogen-bond acceptors (Lipinski definition) is 10. The van der Waals surface area contributed by atoms with E-state index in [9.17, 15) is 14.7 Å². The normalized spacial score (nSPS) is 15.0. The third-order valence-electron chi connectivity index (χ3n) is 6.78. The maximum absolute atomic E-state index is 14.0. The summed E-state index contributed by atoms with van der Waals surface area (Å²) in [5.41, 5.74) is 1.92. The molecule has 0 saturated carbocycles. The van der Waals surface area contributed by atoms with Crippen LogP contribution in [0.3, 0.4) is 0 Å². The number of fused-ring (bicyclic) bond motifs is 1. The van der Waals surface area contributed by atoms with Crippen molar-refractivity contribution in [2.45, 2.75) is 23.1 Å². The van der Waals surface area contributed by atoms with Gasteiger partial charge in [-0.3, -0.25) is 14.5 Å². The highest BCUT2D eigenvalue weighted by atomic mass is 35.5. The predicted molar refractivity (Wildman–Crippen MR) is 166 cm³/mol. The van der Waals surface area contributed by atoms with E-state index in [1.165, 1.54) is 35.1 Å². The molecule has 3 aromatic carbocycles. The Morgan fingerprint density at radius 1 is 1.09 bits per heavy atom. The number of Topliss-reactive ketones (excluding diaryl/α,β-unsaturated/α-hetero) is 1. The monoisotopic (exact) mass is 633 g/mol. The minimum Gasteiger partial charge on any atom is -0.503 e. The summed E-state index contributed by atoms with van der Waals surface area (Å²) in [6, 6.07) is 20.3. The van der Waals surface area contributed by atoms with E-state index in [2.05, 4.69) is 10.2 Å². The number of aromatic nitrogens is 2. The number of ether oxygens (including phenoxy) is 2. The number of halogens is 1. The van der Waals surface area contributed by atoms with Gasteiger partial charge in [0.05, 0.1) is 25.3 Å². The second-order valence-corrected chi connectivity index (χ2v) is 12.0. The molecule has 0 unspecified atom stereocenters. The molecule has 5 aromatic rings. The number of benzene rings is 3. The van der Waals surface area contributed by atoms with E-state index in [1.807, 2.05) is 43.3 Å². The third-order valence-corrected chi connectivity index (χ3v) is 9.16. The molecule has 43 heavy (non-hydrogen) atoms. The summed E-state index contributed by atoms with van der Waals surface area (Å²) in [6.07, 6.45) is 0. The topological polar surface area (TPSA) is 115 Å². The summed E-state index contributed by atoms with van der Waals surface area (Å²) in [4.78, 5) is 28.9. The highest BCUT2D eigenvalue weighted by molar-refractivity contribution is 8.00. The van der Waals surface area contributed by atoms with Crippen LogP contribution in [0.5, 0.6) is 11.5 Å².